The largest absolute Gasteiger partial charge is 0.481 e. The molecule has 4 aromatic heterocycles. The summed E-state index contributed by atoms with van der Waals surface area (Å²) in [6, 6.07) is 4.83. The first-order valence-electron chi connectivity index (χ1n) is 13.4. The molecule has 14 heteroatoms. The summed E-state index contributed by atoms with van der Waals surface area (Å²) in [5.41, 5.74) is 2.80. The normalized spacial score (nSPS) is 14.0. The first-order chi connectivity index (χ1) is 19.6. The number of methoxy groups -OCH3 is 1. The Bertz CT molecular complexity index is 1550. The lowest BCUT2D eigenvalue weighted by atomic mass is 10.0. The quantitative estimate of drug-likeness (QED) is 0.238. The van der Waals surface area contributed by atoms with Crippen molar-refractivity contribution in [1.29, 1.82) is 0 Å². The van der Waals surface area contributed by atoms with Crippen LogP contribution in [-0.2, 0) is 14.8 Å². The minimum absolute atomic E-state index is 0.0161. The van der Waals surface area contributed by atoms with E-state index in [1.54, 1.807) is 42.1 Å². The van der Waals surface area contributed by atoms with Crippen molar-refractivity contribution in [3.63, 3.8) is 0 Å². The van der Waals surface area contributed by atoms with Crippen LogP contribution >= 0.6 is 0 Å². The summed E-state index contributed by atoms with van der Waals surface area (Å²) in [5.74, 6) is 1.64. The first kappa shape index (κ1) is 30.1. The number of sulfonamides is 1. The molecule has 3 atom stereocenters. The van der Waals surface area contributed by atoms with Gasteiger partial charge in [0.15, 0.2) is 11.6 Å². The van der Waals surface area contributed by atoms with Crippen molar-refractivity contribution in [1.82, 2.24) is 34.9 Å². The van der Waals surface area contributed by atoms with E-state index < -0.39 is 27.4 Å². The zero-order chi connectivity index (χ0) is 29.7. The maximum Gasteiger partial charge on any atom is 0.240 e. The standard InChI is InChI=1S/C27H36N8O5S/c1-8-13-39-24(25-28-14-16(3)15-29-25)19(6)41(36,37)34-27-32-31-26(20-11-10-12-22(30-20)38-7)35(27)21(9-2)23-17(4)33-40-18(23)5/h10-12,14-15,19,21,24H,8-9,13H2,1-7H3,(H,32,34)/t19-,21+,24+/m0/s1. The second-order valence-electron chi connectivity index (χ2n) is 9.71. The second-order valence-corrected chi connectivity index (χ2v) is 11.7. The summed E-state index contributed by atoms with van der Waals surface area (Å²) in [7, 11) is -2.58. The molecular formula is C27H36N8O5S. The molecule has 4 rings (SSSR count). The van der Waals surface area contributed by atoms with E-state index in [9.17, 15) is 8.42 Å². The van der Waals surface area contributed by atoms with Gasteiger partial charge in [0, 0.05) is 30.6 Å². The summed E-state index contributed by atoms with van der Waals surface area (Å²) in [5, 5.41) is 11.7. The molecule has 41 heavy (non-hydrogen) atoms. The molecule has 4 aromatic rings. The smallest absolute Gasteiger partial charge is 0.240 e. The minimum Gasteiger partial charge on any atom is -0.481 e. The monoisotopic (exact) mass is 584 g/mol. The first-order valence-corrected chi connectivity index (χ1v) is 15.0. The molecule has 0 bridgehead atoms. The molecular weight excluding hydrogens is 548 g/mol. The van der Waals surface area contributed by atoms with Crippen molar-refractivity contribution in [3.05, 3.63) is 59.0 Å². The number of aryl methyl sites for hydroxylation is 3. The van der Waals surface area contributed by atoms with E-state index in [1.165, 1.54) is 7.11 Å². The van der Waals surface area contributed by atoms with Gasteiger partial charge in [-0.25, -0.2) is 23.4 Å². The molecule has 4 heterocycles. The highest BCUT2D eigenvalue weighted by Gasteiger charge is 2.36. The lowest BCUT2D eigenvalue weighted by molar-refractivity contribution is 0.0466. The molecule has 0 unspecified atom stereocenters. The second kappa shape index (κ2) is 12.7. The number of ether oxygens (including phenoxy) is 2. The third-order valence-corrected chi connectivity index (χ3v) is 8.38. The highest BCUT2D eigenvalue weighted by atomic mass is 32.2. The Morgan fingerprint density at radius 2 is 1.83 bits per heavy atom. The van der Waals surface area contributed by atoms with E-state index in [-0.39, 0.29) is 11.8 Å². The fourth-order valence-electron chi connectivity index (χ4n) is 4.56. The molecule has 0 saturated carbocycles. The predicted molar refractivity (Wildman–Crippen MR) is 152 cm³/mol. The van der Waals surface area contributed by atoms with Crippen LogP contribution in [0.25, 0.3) is 11.5 Å². The van der Waals surface area contributed by atoms with Crippen molar-refractivity contribution in [3.8, 4) is 17.4 Å². The van der Waals surface area contributed by atoms with Crippen LogP contribution in [-0.4, -0.2) is 62.3 Å². The molecule has 0 spiro atoms. The Kier molecular flexibility index (Phi) is 9.33. The van der Waals surface area contributed by atoms with Gasteiger partial charge in [0.1, 0.15) is 22.8 Å². The van der Waals surface area contributed by atoms with Gasteiger partial charge >= 0.3 is 0 Å². The van der Waals surface area contributed by atoms with E-state index in [2.05, 4.69) is 35.0 Å². The van der Waals surface area contributed by atoms with E-state index in [0.29, 0.717) is 48.3 Å². The van der Waals surface area contributed by atoms with Crippen LogP contribution in [0.4, 0.5) is 5.95 Å². The average molecular weight is 585 g/mol. The third kappa shape index (κ3) is 6.38. The zero-order valence-electron chi connectivity index (χ0n) is 24.3. The van der Waals surface area contributed by atoms with Crippen molar-refractivity contribution in [2.75, 3.05) is 18.4 Å². The number of anilines is 1. The van der Waals surface area contributed by atoms with Crippen molar-refractivity contribution in [2.24, 2.45) is 0 Å². The molecule has 0 aliphatic carbocycles. The lowest BCUT2D eigenvalue weighted by Gasteiger charge is -2.25. The van der Waals surface area contributed by atoms with E-state index >= 15 is 0 Å². The molecule has 0 amide bonds. The zero-order valence-corrected chi connectivity index (χ0v) is 25.1. The van der Waals surface area contributed by atoms with Crippen molar-refractivity contribution in [2.45, 2.75) is 71.8 Å². The van der Waals surface area contributed by atoms with Crippen LogP contribution in [0.5, 0.6) is 5.88 Å². The molecule has 0 radical (unpaired) electrons. The Hall–Kier alpha value is -3.91. The summed E-state index contributed by atoms with van der Waals surface area (Å²) in [4.78, 5) is 13.2. The van der Waals surface area contributed by atoms with Crippen LogP contribution in [0.1, 0.15) is 74.2 Å². The van der Waals surface area contributed by atoms with Gasteiger partial charge in [-0.3, -0.25) is 9.29 Å². The Labute approximate surface area is 239 Å². The number of hydrogen-bond acceptors (Lipinski definition) is 11. The number of rotatable bonds is 13. The summed E-state index contributed by atoms with van der Waals surface area (Å²) in [6.45, 7) is 11.3. The SMILES string of the molecule is CCCO[C@@H](c1ncc(C)cn1)[C@H](C)S(=O)(=O)Nc1nnc(-c2cccc(OC)n2)n1[C@H](CC)c1c(C)noc1C. The molecule has 1 N–H and O–H groups in total. The van der Waals surface area contributed by atoms with Crippen LogP contribution in [0, 0.1) is 20.8 Å². The van der Waals surface area contributed by atoms with Gasteiger partial charge in [0.25, 0.3) is 0 Å². The van der Waals surface area contributed by atoms with Crippen LogP contribution in [0.3, 0.4) is 0 Å². The Morgan fingerprint density at radius 3 is 2.44 bits per heavy atom. The fourth-order valence-corrected chi connectivity index (χ4v) is 5.67. The maximum absolute atomic E-state index is 13.9. The topological polar surface area (TPSA) is 160 Å². The van der Waals surface area contributed by atoms with Gasteiger partial charge in [0.05, 0.1) is 18.8 Å². The molecule has 13 nitrogen and oxygen atoms in total. The summed E-state index contributed by atoms with van der Waals surface area (Å²) in [6.07, 6.45) is 3.62. The molecule has 0 aliphatic rings. The van der Waals surface area contributed by atoms with Gasteiger partial charge in [-0.2, -0.15) is 0 Å². The van der Waals surface area contributed by atoms with Crippen LogP contribution in [0.15, 0.2) is 35.1 Å². The van der Waals surface area contributed by atoms with Gasteiger partial charge in [-0.1, -0.05) is 25.1 Å². The number of nitrogens with zero attached hydrogens (tertiary/aromatic N) is 7. The number of pyridine rings is 1. The fraction of sp³-hybridized carbons (Fsp3) is 0.481. The van der Waals surface area contributed by atoms with E-state index in [0.717, 1.165) is 11.1 Å². The van der Waals surface area contributed by atoms with Gasteiger partial charge < -0.3 is 14.0 Å². The highest BCUT2D eigenvalue weighted by Crippen LogP contribution is 2.35. The minimum atomic E-state index is -4.10. The number of aromatic nitrogens is 7. The van der Waals surface area contributed by atoms with Gasteiger partial charge in [-0.05, 0) is 52.2 Å². The Morgan fingerprint density at radius 1 is 1.10 bits per heavy atom. The number of nitrogens with one attached hydrogen (secondary N) is 1. The van der Waals surface area contributed by atoms with Crippen LogP contribution in [0.2, 0.25) is 0 Å². The van der Waals surface area contributed by atoms with Crippen molar-refractivity contribution >= 4 is 16.0 Å². The molecule has 0 aromatic carbocycles. The van der Waals surface area contributed by atoms with Crippen LogP contribution < -0.4 is 9.46 Å². The number of hydrogen-bond donors (Lipinski definition) is 1. The maximum atomic E-state index is 13.9. The van der Waals surface area contributed by atoms with E-state index in [4.69, 9.17) is 14.0 Å². The average Bonchev–Trinajstić information content (AvgIpc) is 3.52. The van der Waals surface area contributed by atoms with Gasteiger partial charge in [0.2, 0.25) is 21.9 Å². The summed E-state index contributed by atoms with van der Waals surface area (Å²) < 4.78 is 48.9. The lowest BCUT2D eigenvalue weighted by Crippen LogP contribution is -2.34. The van der Waals surface area contributed by atoms with Crippen molar-refractivity contribution < 1.29 is 22.4 Å². The Balaban J connectivity index is 1.81. The predicted octanol–water partition coefficient (Wildman–Crippen LogP) is 4.35. The highest BCUT2D eigenvalue weighted by molar-refractivity contribution is 7.93. The third-order valence-electron chi connectivity index (χ3n) is 6.68. The molecule has 0 aliphatic heterocycles. The van der Waals surface area contributed by atoms with Gasteiger partial charge in [-0.15, -0.1) is 10.2 Å². The van der Waals surface area contributed by atoms with E-state index in [1.807, 2.05) is 34.6 Å². The molecule has 0 fully saturated rings. The molecule has 220 valence electrons. The summed E-state index contributed by atoms with van der Waals surface area (Å²) >= 11 is 0. The molecule has 0 saturated heterocycles.